The largest absolute Gasteiger partial charge is 0.436 e. The van der Waals surface area contributed by atoms with Crippen LogP contribution in [0.5, 0.6) is 11.6 Å². The summed E-state index contributed by atoms with van der Waals surface area (Å²) in [7, 11) is 1.69. The Kier molecular flexibility index (Phi) is 3.36. The van der Waals surface area contributed by atoms with Crippen LogP contribution in [0.4, 0.5) is 14.6 Å². The van der Waals surface area contributed by atoms with E-state index in [0.29, 0.717) is 11.6 Å². The van der Waals surface area contributed by atoms with Gasteiger partial charge in [-0.05, 0) is 19.1 Å². The van der Waals surface area contributed by atoms with Crippen molar-refractivity contribution in [3.05, 3.63) is 41.7 Å². The van der Waals surface area contributed by atoms with Gasteiger partial charge in [-0.3, -0.25) is 0 Å². The van der Waals surface area contributed by atoms with E-state index in [1.54, 1.807) is 14.0 Å². The van der Waals surface area contributed by atoms with Gasteiger partial charge in [-0.1, -0.05) is 6.07 Å². The molecule has 0 spiro atoms. The molecule has 1 aromatic carbocycles. The summed E-state index contributed by atoms with van der Waals surface area (Å²) in [4.78, 5) is 8.05. The second-order valence-corrected chi connectivity index (χ2v) is 3.54. The van der Waals surface area contributed by atoms with Crippen LogP contribution in [0, 0.1) is 18.6 Å². The van der Waals surface area contributed by atoms with Gasteiger partial charge in [0.1, 0.15) is 11.6 Å². The second-order valence-electron chi connectivity index (χ2n) is 3.54. The molecular formula is C12H11F2N3O. The molecular weight excluding hydrogens is 240 g/mol. The highest BCUT2D eigenvalue weighted by Crippen LogP contribution is 2.25. The molecule has 0 aliphatic rings. The molecule has 0 atom stereocenters. The van der Waals surface area contributed by atoms with Gasteiger partial charge in [0.2, 0.25) is 11.7 Å². The molecule has 0 amide bonds. The molecule has 2 aromatic rings. The van der Waals surface area contributed by atoms with Crippen molar-refractivity contribution in [2.24, 2.45) is 0 Å². The molecule has 0 unspecified atom stereocenters. The van der Waals surface area contributed by atoms with Crippen LogP contribution in [0.2, 0.25) is 0 Å². The average Bonchev–Trinajstić information content (AvgIpc) is 2.34. The average molecular weight is 251 g/mol. The predicted molar refractivity (Wildman–Crippen MR) is 62.7 cm³/mol. The highest BCUT2D eigenvalue weighted by Gasteiger charge is 2.11. The van der Waals surface area contributed by atoms with Crippen LogP contribution in [0.3, 0.4) is 0 Å². The lowest BCUT2D eigenvalue weighted by molar-refractivity contribution is 0.404. The molecule has 1 aromatic heterocycles. The first-order chi connectivity index (χ1) is 8.60. The molecule has 0 aliphatic heterocycles. The van der Waals surface area contributed by atoms with Crippen molar-refractivity contribution in [3.63, 3.8) is 0 Å². The zero-order valence-electron chi connectivity index (χ0n) is 9.87. The Balaban J connectivity index is 2.34. The number of anilines is 1. The SMILES string of the molecule is CNc1cc(Oc2cccc(F)c2F)nc(C)n1. The minimum absolute atomic E-state index is 0.149. The first kappa shape index (κ1) is 12.2. The van der Waals surface area contributed by atoms with E-state index >= 15 is 0 Å². The van der Waals surface area contributed by atoms with Crippen LogP contribution in [0.25, 0.3) is 0 Å². The number of halogens is 2. The van der Waals surface area contributed by atoms with Crippen LogP contribution in [0.15, 0.2) is 24.3 Å². The van der Waals surface area contributed by atoms with E-state index in [-0.39, 0.29) is 11.6 Å². The fourth-order valence-corrected chi connectivity index (χ4v) is 1.40. The lowest BCUT2D eigenvalue weighted by Crippen LogP contribution is -1.99. The van der Waals surface area contributed by atoms with Gasteiger partial charge in [0.25, 0.3) is 0 Å². The standard InChI is InChI=1S/C12H11F2N3O/c1-7-16-10(15-2)6-11(17-7)18-9-5-3-4-8(13)12(9)14/h3-6H,1-2H3,(H,15,16,17). The molecule has 1 heterocycles. The van der Waals surface area contributed by atoms with E-state index < -0.39 is 11.6 Å². The predicted octanol–water partition coefficient (Wildman–Crippen LogP) is 2.90. The van der Waals surface area contributed by atoms with Crippen LogP contribution >= 0.6 is 0 Å². The summed E-state index contributed by atoms with van der Waals surface area (Å²) in [6, 6.07) is 5.21. The molecule has 1 N–H and O–H groups in total. The van der Waals surface area contributed by atoms with E-state index in [2.05, 4.69) is 15.3 Å². The van der Waals surface area contributed by atoms with E-state index in [4.69, 9.17) is 4.74 Å². The second kappa shape index (κ2) is 4.95. The van der Waals surface area contributed by atoms with Crippen molar-refractivity contribution in [2.75, 3.05) is 12.4 Å². The monoisotopic (exact) mass is 251 g/mol. The van der Waals surface area contributed by atoms with Crippen LogP contribution < -0.4 is 10.1 Å². The number of hydrogen-bond donors (Lipinski definition) is 1. The maximum Gasteiger partial charge on any atom is 0.224 e. The Labute approximate surface area is 103 Å². The Morgan fingerprint density at radius 2 is 2.00 bits per heavy atom. The number of aromatic nitrogens is 2. The van der Waals surface area contributed by atoms with Gasteiger partial charge >= 0.3 is 0 Å². The summed E-state index contributed by atoms with van der Waals surface area (Å²) in [6.45, 7) is 1.68. The number of benzene rings is 1. The molecule has 0 radical (unpaired) electrons. The number of rotatable bonds is 3. The molecule has 0 saturated carbocycles. The Hall–Kier alpha value is -2.24. The van der Waals surface area contributed by atoms with Crippen molar-refractivity contribution in [2.45, 2.75) is 6.92 Å². The van der Waals surface area contributed by atoms with Crippen LogP contribution in [0.1, 0.15) is 5.82 Å². The molecule has 0 fully saturated rings. The molecule has 94 valence electrons. The van der Waals surface area contributed by atoms with E-state index in [9.17, 15) is 8.78 Å². The van der Waals surface area contributed by atoms with E-state index in [0.717, 1.165) is 6.07 Å². The molecule has 0 bridgehead atoms. The zero-order chi connectivity index (χ0) is 13.1. The van der Waals surface area contributed by atoms with Gasteiger partial charge in [0.15, 0.2) is 11.6 Å². The molecule has 6 heteroatoms. The minimum Gasteiger partial charge on any atom is -0.436 e. The summed E-state index contributed by atoms with van der Waals surface area (Å²) < 4.78 is 31.6. The first-order valence-corrected chi connectivity index (χ1v) is 5.25. The maximum atomic E-state index is 13.4. The first-order valence-electron chi connectivity index (χ1n) is 5.25. The third-order valence-electron chi connectivity index (χ3n) is 2.20. The molecule has 0 saturated heterocycles. The fourth-order valence-electron chi connectivity index (χ4n) is 1.40. The van der Waals surface area contributed by atoms with Crippen molar-refractivity contribution >= 4 is 5.82 Å². The summed E-state index contributed by atoms with van der Waals surface area (Å²) in [6.07, 6.45) is 0. The van der Waals surface area contributed by atoms with E-state index in [1.807, 2.05) is 0 Å². The summed E-state index contributed by atoms with van der Waals surface area (Å²) in [5, 5.41) is 2.82. The van der Waals surface area contributed by atoms with Gasteiger partial charge in [-0.2, -0.15) is 9.37 Å². The Morgan fingerprint density at radius 1 is 1.22 bits per heavy atom. The topological polar surface area (TPSA) is 47.0 Å². The lowest BCUT2D eigenvalue weighted by Gasteiger charge is -2.08. The number of aryl methyl sites for hydroxylation is 1. The van der Waals surface area contributed by atoms with Gasteiger partial charge < -0.3 is 10.1 Å². The molecule has 2 rings (SSSR count). The number of hydrogen-bond acceptors (Lipinski definition) is 4. The third-order valence-corrected chi connectivity index (χ3v) is 2.20. The molecule has 18 heavy (non-hydrogen) atoms. The maximum absolute atomic E-state index is 13.4. The quantitative estimate of drug-likeness (QED) is 0.911. The lowest BCUT2D eigenvalue weighted by atomic mass is 10.3. The summed E-state index contributed by atoms with van der Waals surface area (Å²) >= 11 is 0. The highest BCUT2D eigenvalue weighted by molar-refractivity contribution is 5.39. The summed E-state index contributed by atoms with van der Waals surface area (Å²) in [5.41, 5.74) is 0. The van der Waals surface area contributed by atoms with Crippen molar-refractivity contribution < 1.29 is 13.5 Å². The third kappa shape index (κ3) is 2.53. The van der Waals surface area contributed by atoms with Crippen LogP contribution in [-0.4, -0.2) is 17.0 Å². The fraction of sp³-hybridized carbons (Fsp3) is 0.167. The van der Waals surface area contributed by atoms with Gasteiger partial charge in [-0.15, -0.1) is 0 Å². The number of nitrogens with one attached hydrogen (secondary N) is 1. The normalized spacial score (nSPS) is 10.2. The Morgan fingerprint density at radius 3 is 2.72 bits per heavy atom. The smallest absolute Gasteiger partial charge is 0.224 e. The van der Waals surface area contributed by atoms with Crippen molar-refractivity contribution in [3.8, 4) is 11.6 Å². The van der Waals surface area contributed by atoms with Crippen LogP contribution in [-0.2, 0) is 0 Å². The minimum atomic E-state index is -1.04. The number of nitrogens with zero attached hydrogens (tertiary/aromatic N) is 2. The van der Waals surface area contributed by atoms with Crippen molar-refractivity contribution in [1.29, 1.82) is 0 Å². The number of ether oxygens (including phenoxy) is 1. The Bertz CT molecular complexity index is 575. The highest BCUT2D eigenvalue weighted by atomic mass is 19.2. The molecule has 0 aliphatic carbocycles. The van der Waals surface area contributed by atoms with E-state index in [1.165, 1.54) is 18.2 Å². The molecule has 4 nitrogen and oxygen atoms in total. The van der Waals surface area contributed by atoms with Gasteiger partial charge in [0.05, 0.1) is 0 Å². The summed E-state index contributed by atoms with van der Waals surface area (Å²) in [5.74, 6) is -1.07. The van der Waals surface area contributed by atoms with Crippen molar-refractivity contribution in [1.82, 2.24) is 9.97 Å². The van der Waals surface area contributed by atoms with Gasteiger partial charge in [0, 0.05) is 13.1 Å². The van der Waals surface area contributed by atoms with Gasteiger partial charge in [-0.25, -0.2) is 9.37 Å². The zero-order valence-corrected chi connectivity index (χ0v) is 9.87.